The highest BCUT2D eigenvalue weighted by molar-refractivity contribution is 5.85. The Labute approximate surface area is 131 Å². The fourth-order valence-electron chi connectivity index (χ4n) is 2.59. The lowest BCUT2D eigenvalue weighted by atomic mass is 10.1. The third-order valence-corrected chi connectivity index (χ3v) is 3.75. The van der Waals surface area contributed by atoms with Crippen molar-refractivity contribution in [2.24, 2.45) is 0 Å². The van der Waals surface area contributed by atoms with Gasteiger partial charge in [0, 0.05) is 6.54 Å². The summed E-state index contributed by atoms with van der Waals surface area (Å²) in [4.78, 5) is 0. The van der Waals surface area contributed by atoms with Crippen LogP contribution in [0.4, 0.5) is 0 Å². The summed E-state index contributed by atoms with van der Waals surface area (Å²) in [7, 11) is 0. The smallest absolute Gasteiger partial charge is 0.120 e. The summed E-state index contributed by atoms with van der Waals surface area (Å²) >= 11 is 0. The van der Waals surface area contributed by atoms with E-state index < -0.39 is 0 Å². The van der Waals surface area contributed by atoms with E-state index in [9.17, 15) is 0 Å². The molecule has 3 aromatic rings. The van der Waals surface area contributed by atoms with E-state index in [4.69, 9.17) is 4.74 Å². The van der Waals surface area contributed by atoms with Gasteiger partial charge in [-0.15, -0.1) is 0 Å². The molecule has 0 aromatic heterocycles. The van der Waals surface area contributed by atoms with Crippen LogP contribution in [0.2, 0.25) is 0 Å². The van der Waals surface area contributed by atoms with Crippen LogP contribution in [0.3, 0.4) is 0 Å². The molecule has 0 saturated carbocycles. The molecule has 2 heteroatoms. The average Bonchev–Trinajstić information content (AvgIpc) is 2.58. The highest BCUT2D eigenvalue weighted by Gasteiger charge is 2.02. The predicted octanol–water partition coefficient (Wildman–Crippen LogP) is 4.53. The van der Waals surface area contributed by atoms with Gasteiger partial charge in [0.15, 0.2) is 0 Å². The normalized spacial score (nSPS) is 10.8. The molecule has 2 nitrogen and oxygen atoms in total. The fraction of sp³-hybridized carbons (Fsp3) is 0.200. The van der Waals surface area contributed by atoms with Crippen molar-refractivity contribution in [3.05, 3.63) is 77.9 Å². The van der Waals surface area contributed by atoms with Crippen LogP contribution in [0, 0.1) is 0 Å². The molecule has 1 N–H and O–H groups in total. The van der Waals surface area contributed by atoms with E-state index >= 15 is 0 Å². The van der Waals surface area contributed by atoms with Crippen molar-refractivity contribution in [3.8, 4) is 5.75 Å². The van der Waals surface area contributed by atoms with Gasteiger partial charge in [0.25, 0.3) is 0 Å². The molecule has 3 rings (SSSR count). The molecular formula is C20H21NO. The van der Waals surface area contributed by atoms with Crippen LogP contribution < -0.4 is 10.1 Å². The molecule has 0 heterocycles. The standard InChI is InChI=1S/C20H21NO/c1-2-21-14-16-7-5-11-19(13-16)22-15-18-10-6-9-17-8-3-4-12-20(17)18/h3-13,21H,2,14-15H2,1H3. The minimum atomic E-state index is 0.589. The van der Waals surface area contributed by atoms with Gasteiger partial charge in [0.05, 0.1) is 0 Å². The summed E-state index contributed by atoms with van der Waals surface area (Å²) in [6.45, 7) is 4.55. The monoisotopic (exact) mass is 291 g/mol. The van der Waals surface area contributed by atoms with Gasteiger partial charge in [-0.05, 0) is 40.6 Å². The molecule has 0 aliphatic rings. The largest absolute Gasteiger partial charge is 0.489 e. The van der Waals surface area contributed by atoms with Crippen molar-refractivity contribution < 1.29 is 4.74 Å². The van der Waals surface area contributed by atoms with Gasteiger partial charge in [-0.2, -0.15) is 0 Å². The molecule has 0 aliphatic heterocycles. The van der Waals surface area contributed by atoms with E-state index in [0.717, 1.165) is 18.8 Å². The summed E-state index contributed by atoms with van der Waals surface area (Å²) in [6.07, 6.45) is 0. The molecule has 0 saturated heterocycles. The van der Waals surface area contributed by atoms with Gasteiger partial charge in [0.1, 0.15) is 12.4 Å². The maximum atomic E-state index is 5.99. The lowest BCUT2D eigenvalue weighted by Crippen LogP contribution is -2.11. The molecule has 0 radical (unpaired) electrons. The highest BCUT2D eigenvalue weighted by atomic mass is 16.5. The third kappa shape index (κ3) is 3.46. The lowest BCUT2D eigenvalue weighted by Gasteiger charge is -2.10. The van der Waals surface area contributed by atoms with Gasteiger partial charge in [-0.25, -0.2) is 0 Å². The van der Waals surface area contributed by atoms with Crippen molar-refractivity contribution in [3.63, 3.8) is 0 Å². The summed E-state index contributed by atoms with van der Waals surface area (Å²) in [5.41, 5.74) is 2.47. The topological polar surface area (TPSA) is 21.3 Å². The first-order valence-electron chi connectivity index (χ1n) is 7.76. The lowest BCUT2D eigenvalue weighted by molar-refractivity contribution is 0.307. The van der Waals surface area contributed by atoms with Crippen LogP contribution in [0.15, 0.2) is 66.7 Å². The Morgan fingerprint density at radius 2 is 1.73 bits per heavy atom. The second-order valence-corrected chi connectivity index (χ2v) is 5.35. The number of ether oxygens (including phenoxy) is 1. The highest BCUT2D eigenvalue weighted by Crippen LogP contribution is 2.21. The molecule has 0 bridgehead atoms. The SMILES string of the molecule is CCNCc1cccc(OCc2cccc3ccccc23)c1. The van der Waals surface area contributed by atoms with E-state index in [1.165, 1.54) is 21.9 Å². The second-order valence-electron chi connectivity index (χ2n) is 5.35. The molecule has 0 spiro atoms. The van der Waals surface area contributed by atoms with Crippen LogP contribution in [0.5, 0.6) is 5.75 Å². The summed E-state index contributed by atoms with van der Waals surface area (Å²) in [6, 6.07) is 23.1. The van der Waals surface area contributed by atoms with Crippen molar-refractivity contribution in [1.29, 1.82) is 0 Å². The number of fused-ring (bicyclic) bond motifs is 1. The molecule has 0 fully saturated rings. The van der Waals surface area contributed by atoms with E-state index in [-0.39, 0.29) is 0 Å². The Morgan fingerprint density at radius 1 is 0.909 bits per heavy atom. The van der Waals surface area contributed by atoms with Crippen molar-refractivity contribution in [2.45, 2.75) is 20.1 Å². The van der Waals surface area contributed by atoms with Crippen LogP contribution in [0.25, 0.3) is 10.8 Å². The Bertz CT molecular complexity index is 746. The first-order valence-corrected chi connectivity index (χ1v) is 7.76. The van der Waals surface area contributed by atoms with Crippen molar-refractivity contribution in [1.82, 2.24) is 5.32 Å². The van der Waals surface area contributed by atoms with Gasteiger partial charge in [0.2, 0.25) is 0 Å². The average molecular weight is 291 g/mol. The Balaban J connectivity index is 1.74. The van der Waals surface area contributed by atoms with Gasteiger partial charge >= 0.3 is 0 Å². The molecule has 22 heavy (non-hydrogen) atoms. The van der Waals surface area contributed by atoms with Gasteiger partial charge < -0.3 is 10.1 Å². The third-order valence-electron chi connectivity index (χ3n) is 3.75. The molecule has 0 amide bonds. The number of benzene rings is 3. The molecule has 112 valence electrons. The Hall–Kier alpha value is -2.32. The first-order chi connectivity index (χ1) is 10.9. The summed E-state index contributed by atoms with van der Waals surface area (Å²) < 4.78 is 5.99. The number of rotatable bonds is 6. The number of nitrogens with one attached hydrogen (secondary N) is 1. The maximum absolute atomic E-state index is 5.99. The van der Waals surface area contributed by atoms with Crippen molar-refractivity contribution in [2.75, 3.05) is 6.54 Å². The number of hydrogen-bond donors (Lipinski definition) is 1. The summed E-state index contributed by atoms with van der Waals surface area (Å²) in [5.74, 6) is 0.920. The van der Waals surface area contributed by atoms with Crippen LogP contribution in [0.1, 0.15) is 18.1 Å². The van der Waals surface area contributed by atoms with Crippen LogP contribution in [-0.4, -0.2) is 6.54 Å². The maximum Gasteiger partial charge on any atom is 0.120 e. The Kier molecular flexibility index (Phi) is 4.71. The quantitative estimate of drug-likeness (QED) is 0.720. The van der Waals surface area contributed by atoms with E-state index in [0.29, 0.717) is 6.61 Å². The molecule has 0 aliphatic carbocycles. The first kappa shape index (κ1) is 14.6. The molecular weight excluding hydrogens is 270 g/mol. The van der Waals surface area contributed by atoms with Crippen molar-refractivity contribution >= 4 is 10.8 Å². The fourth-order valence-corrected chi connectivity index (χ4v) is 2.59. The van der Waals surface area contributed by atoms with Crippen LogP contribution >= 0.6 is 0 Å². The zero-order valence-electron chi connectivity index (χ0n) is 12.9. The van der Waals surface area contributed by atoms with E-state index in [1.807, 2.05) is 12.1 Å². The zero-order chi connectivity index (χ0) is 15.2. The molecule has 3 aromatic carbocycles. The van der Waals surface area contributed by atoms with Gasteiger partial charge in [-0.1, -0.05) is 61.5 Å². The Morgan fingerprint density at radius 3 is 2.64 bits per heavy atom. The van der Waals surface area contributed by atoms with Gasteiger partial charge in [-0.3, -0.25) is 0 Å². The van der Waals surface area contributed by atoms with E-state index in [2.05, 4.69) is 66.8 Å². The zero-order valence-corrected chi connectivity index (χ0v) is 12.9. The second kappa shape index (κ2) is 7.10. The molecule has 0 atom stereocenters. The molecule has 0 unspecified atom stereocenters. The van der Waals surface area contributed by atoms with E-state index in [1.54, 1.807) is 0 Å². The predicted molar refractivity (Wildman–Crippen MR) is 92.1 cm³/mol. The number of hydrogen-bond acceptors (Lipinski definition) is 2. The minimum absolute atomic E-state index is 0.589. The minimum Gasteiger partial charge on any atom is -0.489 e. The van der Waals surface area contributed by atoms with Crippen LogP contribution in [-0.2, 0) is 13.2 Å². The summed E-state index contributed by atoms with van der Waals surface area (Å²) in [5, 5.41) is 5.85.